The number of fused-ring (bicyclic) bond motifs is 1. The van der Waals surface area contributed by atoms with Gasteiger partial charge in [-0.3, -0.25) is 4.79 Å². The number of hydrogen-bond acceptors (Lipinski definition) is 2. The number of benzene rings is 1. The van der Waals surface area contributed by atoms with Gasteiger partial charge in [0, 0.05) is 10.9 Å². The van der Waals surface area contributed by atoms with E-state index in [9.17, 15) is 4.79 Å². The van der Waals surface area contributed by atoms with Crippen LogP contribution in [0, 0.1) is 0 Å². The van der Waals surface area contributed by atoms with Crippen molar-refractivity contribution in [1.29, 1.82) is 0 Å². The molecule has 0 saturated carbocycles. The van der Waals surface area contributed by atoms with Crippen molar-refractivity contribution in [3.05, 3.63) is 36.0 Å². The maximum Gasteiger partial charge on any atom is 0.166 e. The molecule has 0 aliphatic rings. The van der Waals surface area contributed by atoms with Gasteiger partial charge < -0.3 is 9.88 Å². The molecule has 0 radical (unpaired) electrons. The highest BCUT2D eigenvalue weighted by molar-refractivity contribution is 5.87. The van der Waals surface area contributed by atoms with E-state index in [1.807, 2.05) is 56.4 Å². The summed E-state index contributed by atoms with van der Waals surface area (Å²) in [7, 11) is 6.00. The van der Waals surface area contributed by atoms with Crippen LogP contribution < -0.4 is 0 Å². The summed E-state index contributed by atoms with van der Waals surface area (Å²) in [6.07, 6.45) is 0.819. The molecule has 0 aliphatic heterocycles. The number of nitrogens with zero attached hydrogens (tertiary/aromatic N) is 1. The molecule has 15 heavy (non-hydrogen) atoms. The lowest BCUT2D eigenvalue weighted by atomic mass is 10.2. The van der Waals surface area contributed by atoms with Crippen LogP contribution >= 0.6 is 0 Å². The van der Waals surface area contributed by atoms with E-state index in [1.165, 1.54) is 0 Å². The average Bonchev–Trinajstić information content (AvgIpc) is 2.59. The number of carbonyl (C=O) groups excluding carboxylic acids is 1. The zero-order valence-corrected chi connectivity index (χ0v) is 9.32. The maximum absolute atomic E-state index is 10.3. The topological polar surface area (TPSA) is 36.1 Å². The summed E-state index contributed by atoms with van der Waals surface area (Å²) >= 11 is 0. The Morgan fingerprint density at radius 3 is 2.33 bits per heavy atom. The first-order valence-corrected chi connectivity index (χ1v) is 4.77. The minimum absolute atomic E-state index is 0.631. The molecule has 0 amide bonds. The van der Waals surface area contributed by atoms with Gasteiger partial charge in [-0.05, 0) is 33.3 Å². The number of aromatic nitrogens is 1. The van der Waals surface area contributed by atoms with Gasteiger partial charge in [0.1, 0.15) is 0 Å². The van der Waals surface area contributed by atoms with Crippen LogP contribution in [0.3, 0.4) is 0 Å². The van der Waals surface area contributed by atoms with Crippen molar-refractivity contribution < 1.29 is 4.79 Å². The number of hydrogen-bond donors (Lipinski definition) is 1. The lowest BCUT2D eigenvalue weighted by Crippen LogP contribution is -1.99. The SMILES string of the molecule is CN(C)C.O=Cc1cc2ccccc2[nH]1. The second-order valence-electron chi connectivity index (χ2n) is 3.77. The highest BCUT2D eigenvalue weighted by Gasteiger charge is 1.95. The molecule has 1 N–H and O–H groups in total. The highest BCUT2D eigenvalue weighted by atomic mass is 16.1. The lowest BCUT2D eigenvalue weighted by molar-refractivity contribution is 0.112. The summed E-state index contributed by atoms with van der Waals surface area (Å²) in [6, 6.07) is 9.64. The molecular formula is C12H16N2O. The third-order valence-corrected chi connectivity index (χ3v) is 1.68. The summed E-state index contributed by atoms with van der Waals surface area (Å²) in [6.45, 7) is 0. The van der Waals surface area contributed by atoms with Gasteiger partial charge >= 0.3 is 0 Å². The first-order valence-electron chi connectivity index (χ1n) is 4.77. The van der Waals surface area contributed by atoms with Gasteiger partial charge in [-0.25, -0.2) is 0 Å². The summed E-state index contributed by atoms with van der Waals surface area (Å²) in [5.74, 6) is 0. The lowest BCUT2D eigenvalue weighted by Gasteiger charge is -1.90. The molecule has 0 aliphatic carbocycles. The van der Waals surface area contributed by atoms with E-state index in [1.54, 1.807) is 0 Å². The quantitative estimate of drug-likeness (QED) is 0.722. The van der Waals surface area contributed by atoms with E-state index in [2.05, 4.69) is 4.98 Å². The summed E-state index contributed by atoms with van der Waals surface area (Å²) < 4.78 is 0. The van der Waals surface area contributed by atoms with Gasteiger partial charge in [-0.1, -0.05) is 18.2 Å². The first kappa shape index (κ1) is 11.5. The van der Waals surface area contributed by atoms with Crippen LogP contribution in [0.25, 0.3) is 10.9 Å². The molecule has 1 aromatic heterocycles. The minimum atomic E-state index is 0.631. The van der Waals surface area contributed by atoms with E-state index in [-0.39, 0.29) is 0 Å². The van der Waals surface area contributed by atoms with E-state index in [0.717, 1.165) is 17.2 Å². The molecule has 80 valence electrons. The highest BCUT2D eigenvalue weighted by Crippen LogP contribution is 2.12. The van der Waals surface area contributed by atoms with Crippen LogP contribution in [-0.2, 0) is 0 Å². The maximum atomic E-state index is 10.3. The van der Waals surface area contributed by atoms with E-state index < -0.39 is 0 Å². The first-order chi connectivity index (χ1) is 7.13. The summed E-state index contributed by atoms with van der Waals surface area (Å²) in [5.41, 5.74) is 1.64. The van der Waals surface area contributed by atoms with Crippen molar-refractivity contribution in [3.8, 4) is 0 Å². The molecule has 1 heterocycles. The van der Waals surface area contributed by atoms with Gasteiger partial charge in [0.25, 0.3) is 0 Å². The van der Waals surface area contributed by atoms with Crippen molar-refractivity contribution in [3.63, 3.8) is 0 Å². The van der Waals surface area contributed by atoms with E-state index in [0.29, 0.717) is 5.69 Å². The molecule has 0 unspecified atom stereocenters. The number of H-pyrrole nitrogens is 1. The van der Waals surface area contributed by atoms with Crippen molar-refractivity contribution in [2.45, 2.75) is 0 Å². The molecule has 3 heteroatoms. The third kappa shape index (κ3) is 3.56. The molecule has 1 aromatic carbocycles. The van der Waals surface area contributed by atoms with Crippen molar-refractivity contribution in [2.24, 2.45) is 0 Å². The molecule has 3 nitrogen and oxygen atoms in total. The van der Waals surface area contributed by atoms with Gasteiger partial charge in [-0.15, -0.1) is 0 Å². The number of aromatic amines is 1. The molecular weight excluding hydrogens is 188 g/mol. The van der Waals surface area contributed by atoms with Gasteiger partial charge in [-0.2, -0.15) is 0 Å². The molecule has 0 saturated heterocycles. The number of para-hydroxylation sites is 1. The van der Waals surface area contributed by atoms with Crippen molar-refractivity contribution in [1.82, 2.24) is 9.88 Å². The van der Waals surface area contributed by atoms with E-state index >= 15 is 0 Å². The Bertz CT molecular complexity index is 396. The normalized spacial score (nSPS) is 9.87. The summed E-state index contributed by atoms with van der Waals surface area (Å²) in [5, 5.41) is 1.08. The molecule has 0 bridgehead atoms. The molecule has 2 rings (SSSR count). The fourth-order valence-corrected chi connectivity index (χ4v) is 1.16. The van der Waals surface area contributed by atoms with Crippen LogP contribution in [0.5, 0.6) is 0 Å². The Kier molecular flexibility index (Phi) is 4.06. The van der Waals surface area contributed by atoms with Crippen LogP contribution in [0.15, 0.2) is 30.3 Å². The Morgan fingerprint density at radius 2 is 1.80 bits per heavy atom. The van der Waals surface area contributed by atoms with Gasteiger partial charge in [0.15, 0.2) is 6.29 Å². The Morgan fingerprint density at radius 1 is 1.20 bits per heavy atom. The molecule has 0 fully saturated rings. The van der Waals surface area contributed by atoms with Crippen LogP contribution in [0.4, 0.5) is 0 Å². The van der Waals surface area contributed by atoms with Gasteiger partial charge in [0.05, 0.1) is 5.69 Å². The van der Waals surface area contributed by atoms with Crippen LogP contribution in [0.2, 0.25) is 0 Å². The van der Waals surface area contributed by atoms with Crippen molar-refractivity contribution >= 4 is 17.2 Å². The smallest absolute Gasteiger partial charge is 0.166 e. The van der Waals surface area contributed by atoms with E-state index in [4.69, 9.17) is 0 Å². The number of aldehydes is 1. The van der Waals surface area contributed by atoms with Crippen LogP contribution in [0.1, 0.15) is 10.5 Å². The zero-order chi connectivity index (χ0) is 11.3. The zero-order valence-electron chi connectivity index (χ0n) is 9.32. The average molecular weight is 204 g/mol. The second-order valence-corrected chi connectivity index (χ2v) is 3.77. The van der Waals surface area contributed by atoms with Crippen LogP contribution in [-0.4, -0.2) is 37.3 Å². The number of rotatable bonds is 1. The second kappa shape index (κ2) is 5.32. The Hall–Kier alpha value is -1.61. The monoisotopic (exact) mass is 204 g/mol. The van der Waals surface area contributed by atoms with Gasteiger partial charge in [0.2, 0.25) is 0 Å². The third-order valence-electron chi connectivity index (χ3n) is 1.68. The summed E-state index contributed by atoms with van der Waals surface area (Å²) in [4.78, 5) is 15.3. The molecule has 2 aromatic rings. The Labute approximate surface area is 89.7 Å². The fraction of sp³-hybridized carbons (Fsp3) is 0.250. The predicted molar refractivity (Wildman–Crippen MR) is 63.3 cm³/mol. The minimum Gasteiger partial charge on any atom is -0.352 e. The largest absolute Gasteiger partial charge is 0.352 e. The molecule has 0 atom stereocenters. The standard InChI is InChI=1S/C9H7NO.C3H9N/c11-6-8-5-7-3-1-2-4-9(7)10-8;1-4(2)3/h1-6,10H;1-3H3. The Balaban J connectivity index is 0.000000245. The number of nitrogens with one attached hydrogen (secondary N) is 1. The predicted octanol–water partition coefficient (Wildman–Crippen LogP) is 2.16. The fourth-order valence-electron chi connectivity index (χ4n) is 1.16. The number of carbonyl (C=O) groups is 1. The van der Waals surface area contributed by atoms with Crippen molar-refractivity contribution in [2.75, 3.05) is 21.1 Å². The molecule has 0 spiro atoms.